The summed E-state index contributed by atoms with van der Waals surface area (Å²) in [7, 11) is 0. The van der Waals surface area contributed by atoms with E-state index >= 15 is 0 Å². The highest BCUT2D eigenvalue weighted by molar-refractivity contribution is 8.00. The molecule has 0 unspecified atom stereocenters. The molecule has 2 aromatic carbocycles. The van der Waals surface area contributed by atoms with Crippen molar-refractivity contribution in [2.75, 3.05) is 54.8 Å². The quantitative estimate of drug-likeness (QED) is 0.463. The lowest BCUT2D eigenvalue weighted by molar-refractivity contribution is -0.128. The molecule has 0 aliphatic carbocycles. The molecule has 2 saturated heterocycles. The van der Waals surface area contributed by atoms with Crippen LogP contribution in [0.25, 0.3) is 11.0 Å². The molecule has 1 amide bonds. The second kappa shape index (κ2) is 10.4. The molecule has 8 heteroatoms. The van der Waals surface area contributed by atoms with Crippen molar-refractivity contribution in [2.24, 2.45) is 0 Å². The summed E-state index contributed by atoms with van der Waals surface area (Å²) in [5.74, 6) is 1.47. The van der Waals surface area contributed by atoms with Gasteiger partial charge in [-0.25, -0.2) is 9.97 Å². The second-order valence-corrected chi connectivity index (χ2v) is 10.4. The van der Waals surface area contributed by atoms with E-state index in [-0.39, 0.29) is 5.91 Å². The summed E-state index contributed by atoms with van der Waals surface area (Å²) in [5, 5.41) is 1.61. The van der Waals surface area contributed by atoms with E-state index in [1.165, 1.54) is 36.6 Å². The molecule has 178 valence electrons. The van der Waals surface area contributed by atoms with E-state index in [0.29, 0.717) is 18.8 Å². The molecule has 2 aliphatic heterocycles. The van der Waals surface area contributed by atoms with Gasteiger partial charge in [-0.15, -0.1) is 0 Å². The van der Waals surface area contributed by atoms with Crippen LogP contribution in [-0.2, 0) is 4.79 Å². The average Bonchev–Trinajstić information content (AvgIpc) is 2.88. The van der Waals surface area contributed by atoms with Crippen LogP contribution in [0.5, 0.6) is 0 Å². The lowest BCUT2D eigenvalue weighted by Crippen LogP contribution is -2.49. The Kier molecular flexibility index (Phi) is 7.11. The maximum Gasteiger partial charge on any atom is 0.233 e. The van der Waals surface area contributed by atoms with Crippen LogP contribution in [0.1, 0.15) is 24.8 Å². The molecule has 34 heavy (non-hydrogen) atoms. The Labute approximate surface area is 210 Å². The molecule has 5 rings (SSSR count). The Morgan fingerprint density at radius 1 is 0.912 bits per heavy atom. The topological polar surface area (TPSA) is 52.6 Å². The van der Waals surface area contributed by atoms with Gasteiger partial charge in [-0.2, -0.15) is 0 Å². The smallest absolute Gasteiger partial charge is 0.233 e. The number of thioether (sulfide) groups is 1. The van der Waals surface area contributed by atoms with Crippen molar-refractivity contribution in [1.82, 2.24) is 14.9 Å². The number of aromatic nitrogens is 2. The third-order valence-corrected chi connectivity index (χ3v) is 7.83. The number of fused-ring (bicyclic) bond motifs is 1. The van der Waals surface area contributed by atoms with E-state index in [1.807, 2.05) is 41.3 Å². The molecule has 0 N–H and O–H groups in total. The van der Waals surface area contributed by atoms with E-state index in [4.69, 9.17) is 21.6 Å². The number of halogens is 1. The first-order valence-corrected chi connectivity index (χ1v) is 13.4. The highest BCUT2D eigenvalue weighted by Gasteiger charge is 2.24. The van der Waals surface area contributed by atoms with E-state index < -0.39 is 0 Å². The number of hydrogen-bond acceptors (Lipinski definition) is 6. The first-order chi connectivity index (χ1) is 16.6. The van der Waals surface area contributed by atoms with Crippen LogP contribution in [0.2, 0.25) is 5.02 Å². The maximum atomic E-state index is 13.1. The first kappa shape index (κ1) is 23.2. The van der Waals surface area contributed by atoms with Crippen molar-refractivity contribution >= 4 is 51.8 Å². The van der Waals surface area contributed by atoms with Gasteiger partial charge < -0.3 is 14.7 Å². The van der Waals surface area contributed by atoms with E-state index in [9.17, 15) is 4.79 Å². The predicted octanol–water partition coefficient (Wildman–Crippen LogP) is 5.02. The number of rotatable bonds is 5. The van der Waals surface area contributed by atoms with Crippen molar-refractivity contribution < 1.29 is 4.79 Å². The molecule has 6 nitrogen and oxygen atoms in total. The number of para-hydroxylation sites is 2. The van der Waals surface area contributed by atoms with Crippen LogP contribution in [0.3, 0.4) is 0 Å². The fourth-order valence-electron chi connectivity index (χ4n) is 4.72. The van der Waals surface area contributed by atoms with Crippen molar-refractivity contribution in [3.8, 4) is 0 Å². The summed E-state index contributed by atoms with van der Waals surface area (Å²) in [6.07, 6.45) is 3.61. The summed E-state index contributed by atoms with van der Waals surface area (Å²) in [5.41, 5.74) is 4.15. The molecule has 0 saturated carbocycles. The first-order valence-electron chi connectivity index (χ1n) is 12.0. The molecule has 0 spiro atoms. The molecule has 2 aliphatic rings. The molecular weight excluding hydrogens is 466 g/mol. The molecule has 0 atom stereocenters. The molecule has 3 heterocycles. The molecule has 0 radical (unpaired) electrons. The second-order valence-electron chi connectivity index (χ2n) is 8.98. The predicted molar refractivity (Wildman–Crippen MR) is 141 cm³/mol. The zero-order valence-corrected chi connectivity index (χ0v) is 21.1. The minimum absolute atomic E-state index is 0.159. The van der Waals surface area contributed by atoms with Crippen LogP contribution >= 0.6 is 23.4 Å². The molecule has 3 aromatic rings. The molecule has 2 fully saturated rings. The Bertz CT molecular complexity index is 1180. The summed E-state index contributed by atoms with van der Waals surface area (Å²) >= 11 is 7.73. The van der Waals surface area contributed by atoms with E-state index in [2.05, 4.69) is 22.8 Å². The van der Waals surface area contributed by atoms with Crippen LogP contribution in [0.15, 0.2) is 47.5 Å². The van der Waals surface area contributed by atoms with Gasteiger partial charge in [-0.05, 0) is 56.0 Å². The van der Waals surface area contributed by atoms with Crippen molar-refractivity contribution in [2.45, 2.75) is 31.2 Å². The number of carbonyl (C=O) groups is 1. The third-order valence-electron chi connectivity index (χ3n) is 6.65. The fraction of sp³-hybridized carbons (Fsp3) is 0.423. The summed E-state index contributed by atoms with van der Waals surface area (Å²) in [6, 6.07) is 14.0. The van der Waals surface area contributed by atoms with Gasteiger partial charge in [-0.3, -0.25) is 4.79 Å². The number of hydrogen-bond donors (Lipinski definition) is 0. The number of amides is 1. The highest BCUT2D eigenvalue weighted by atomic mass is 35.5. The molecule has 1 aromatic heterocycles. The van der Waals surface area contributed by atoms with Crippen LogP contribution < -0.4 is 9.80 Å². The minimum atomic E-state index is 0.159. The fourth-order valence-corrected chi connectivity index (χ4v) is 5.80. The Hall–Kier alpha value is -2.51. The number of benzene rings is 2. The largest absolute Gasteiger partial charge is 0.368 e. The van der Waals surface area contributed by atoms with Gasteiger partial charge in [0, 0.05) is 50.0 Å². The van der Waals surface area contributed by atoms with E-state index in [1.54, 1.807) is 0 Å². The zero-order valence-electron chi connectivity index (χ0n) is 19.5. The van der Waals surface area contributed by atoms with Gasteiger partial charge in [0.25, 0.3) is 0 Å². The molecular formula is C26H30ClN5OS. The van der Waals surface area contributed by atoms with Crippen LogP contribution in [-0.4, -0.2) is 65.8 Å². The third kappa shape index (κ3) is 5.10. The number of carbonyl (C=O) groups excluding carboxylic acids is 1. The zero-order chi connectivity index (χ0) is 23.5. The Morgan fingerprint density at radius 3 is 2.35 bits per heavy atom. The standard InChI is InChI=1S/C26H30ClN5OS/c1-19-9-10-20(27)17-23(19)30-13-15-31(16-14-30)24(33)18-34-26-25(32-11-5-2-6-12-32)28-21-7-3-4-8-22(21)29-26/h3-4,7-10,17H,2,5-6,11-16,18H2,1H3. The lowest BCUT2D eigenvalue weighted by atomic mass is 10.1. The molecule has 0 bridgehead atoms. The normalized spacial score (nSPS) is 16.8. The van der Waals surface area contributed by atoms with Gasteiger partial charge >= 0.3 is 0 Å². The Morgan fingerprint density at radius 2 is 1.62 bits per heavy atom. The summed E-state index contributed by atoms with van der Waals surface area (Å²) < 4.78 is 0. The van der Waals surface area contributed by atoms with E-state index in [0.717, 1.165) is 58.8 Å². The van der Waals surface area contributed by atoms with Crippen molar-refractivity contribution in [3.05, 3.63) is 53.1 Å². The van der Waals surface area contributed by atoms with Crippen molar-refractivity contribution in [1.29, 1.82) is 0 Å². The SMILES string of the molecule is Cc1ccc(Cl)cc1N1CCN(C(=O)CSc2nc3ccccc3nc2N2CCCCC2)CC1. The monoisotopic (exact) mass is 495 g/mol. The van der Waals surface area contributed by atoms with Crippen LogP contribution in [0.4, 0.5) is 11.5 Å². The number of piperidine rings is 1. The van der Waals surface area contributed by atoms with Crippen LogP contribution in [0, 0.1) is 6.92 Å². The van der Waals surface area contributed by atoms with Gasteiger partial charge in [0.05, 0.1) is 16.8 Å². The minimum Gasteiger partial charge on any atom is -0.368 e. The highest BCUT2D eigenvalue weighted by Crippen LogP contribution is 2.31. The maximum absolute atomic E-state index is 13.1. The van der Waals surface area contributed by atoms with Gasteiger partial charge in [0.15, 0.2) is 5.82 Å². The average molecular weight is 496 g/mol. The van der Waals surface area contributed by atoms with Gasteiger partial charge in [-0.1, -0.05) is 41.6 Å². The summed E-state index contributed by atoms with van der Waals surface area (Å²) in [4.78, 5) is 29.6. The van der Waals surface area contributed by atoms with Gasteiger partial charge in [0.1, 0.15) is 5.03 Å². The number of nitrogens with zero attached hydrogens (tertiary/aromatic N) is 5. The summed E-state index contributed by atoms with van der Waals surface area (Å²) in [6.45, 7) is 7.16. The van der Waals surface area contributed by atoms with Gasteiger partial charge in [0.2, 0.25) is 5.91 Å². The number of piperazine rings is 1. The lowest BCUT2D eigenvalue weighted by Gasteiger charge is -2.37. The number of aryl methyl sites for hydroxylation is 1. The van der Waals surface area contributed by atoms with Crippen molar-refractivity contribution in [3.63, 3.8) is 0 Å². The Balaban J connectivity index is 1.25. The number of anilines is 2.